The fourth-order valence-electron chi connectivity index (χ4n) is 2.54. The summed E-state index contributed by atoms with van der Waals surface area (Å²) in [6, 6.07) is 4.04. The van der Waals surface area contributed by atoms with Gasteiger partial charge in [-0.15, -0.1) is 0 Å². The quantitative estimate of drug-likeness (QED) is 0.847. The van der Waals surface area contributed by atoms with Gasteiger partial charge < -0.3 is 15.8 Å². The van der Waals surface area contributed by atoms with Gasteiger partial charge in [0.25, 0.3) is 0 Å². The number of aromatic nitrogens is 1. The largest absolute Gasteiger partial charge is 0.496 e. The number of hydrogen-bond donors (Lipinski definition) is 2. The fraction of sp³-hybridized carbons (Fsp3) is 0.357. The number of pyridine rings is 1. The maximum atomic E-state index is 5.70. The Balaban J connectivity index is 2.32. The Morgan fingerprint density at radius 1 is 1.44 bits per heavy atom. The molecular weight excluding hydrogens is 226 g/mol. The summed E-state index contributed by atoms with van der Waals surface area (Å²) in [5, 5.41) is 4.54. The smallest absolute Gasteiger partial charge is 0.130 e. The number of hydrogen-bond acceptors (Lipinski definition) is 4. The zero-order valence-electron chi connectivity index (χ0n) is 10.5. The van der Waals surface area contributed by atoms with Gasteiger partial charge in [-0.3, -0.25) is 4.98 Å². The van der Waals surface area contributed by atoms with E-state index in [-0.39, 0.29) is 0 Å². The number of rotatable bonds is 2. The Morgan fingerprint density at radius 2 is 2.33 bits per heavy atom. The molecule has 0 saturated carbocycles. The first-order valence-electron chi connectivity index (χ1n) is 6.26. The van der Waals surface area contributed by atoms with Gasteiger partial charge in [-0.2, -0.15) is 0 Å². The predicted octanol–water partition coefficient (Wildman–Crippen LogP) is 2.06. The van der Waals surface area contributed by atoms with Crippen molar-refractivity contribution in [2.24, 2.45) is 5.73 Å². The summed E-state index contributed by atoms with van der Waals surface area (Å²) in [6.07, 6.45) is 4.19. The van der Waals surface area contributed by atoms with E-state index in [1.54, 1.807) is 7.11 Å². The molecule has 4 nitrogen and oxygen atoms in total. The lowest BCUT2D eigenvalue weighted by Gasteiger charge is -2.21. The van der Waals surface area contributed by atoms with Crippen molar-refractivity contribution < 1.29 is 4.74 Å². The highest BCUT2D eigenvalue weighted by Crippen LogP contribution is 2.36. The monoisotopic (exact) mass is 243 g/mol. The third-order valence-electron chi connectivity index (χ3n) is 3.45. The lowest BCUT2D eigenvalue weighted by atomic mass is 10.00. The summed E-state index contributed by atoms with van der Waals surface area (Å²) in [5.41, 5.74) is 10.1. The molecule has 1 aliphatic rings. The van der Waals surface area contributed by atoms with E-state index in [0.29, 0.717) is 6.54 Å². The number of anilines is 1. The first-order valence-corrected chi connectivity index (χ1v) is 6.26. The van der Waals surface area contributed by atoms with Gasteiger partial charge in [0.15, 0.2) is 0 Å². The first-order chi connectivity index (χ1) is 8.83. The molecule has 4 heteroatoms. The second kappa shape index (κ2) is 4.46. The van der Waals surface area contributed by atoms with Gasteiger partial charge in [-0.25, -0.2) is 0 Å². The molecule has 1 aromatic heterocycles. The van der Waals surface area contributed by atoms with E-state index >= 15 is 0 Å². The topological polar surface area (TPSA) is 60.2 Å². The molecule has 0 radical (unpaired) electrons. The maximum absolute atomic E-state index is 5.70. The summed E-state index contributed by atoms with van der Waals surface area (Å²) in [7, 11) is 1.69. The summed E-state index contributed by atoms with van der Waals surface area (Å²) < 4.78 is 5.50. The molecule has 3 rings (SSSR count). The number of nitrogens with two attached hydrogens (primary N) is 1. The molecule has 0 amide bonds. The molecule has 3 N–H and O–H groups in total. The number of nitrogens with zero attached hydrogens (tertiary/aromatic N) is 1. The van der Waals surface area contributed by atoms with Crippen LogP contribution in [0.25, 0.3) is 10.9 Å². The third kappa shape index (κ3) is 1.69. The van der Waals surface area contributed by atoms with Crippen molar-refractivity contribution in [1.82, 2.24) is 4.98 Å². The Morgan fingerprint density at radius 3 is 3.11 bits per heavy atom. The van der Waals surface area contributed by atoms with Crippen molar-refractivity contribution in [3.63, 3.8) is 0 Å². The van der Waals surface area contributed by atoms with E-state index in [1.807, 2.05) is 18.3 Å². The summed E-state index contributed by atoms with van der Waals surface area (Å²) in [5.74, 6) is 0.853. The van der Waals surface area contributed by atoms with E-state index in [4.69, 9.17) is 10.5 Å². The van der Waals surface area contributed by atoms with Gasteiger partial charge in [-0.1, -0.05) is 0 Å². The molecule has 0 aliphatic carbocycles. The van der Waals surface area contributed by atoms with Crippen LogP contribution in [0, 0.1) is 0 Å². The van der Waals surface area contributed by atoms with Gasteiger partial charge in [0.1, 0.15) is 5.75 Å². The van der Waals surface area contributed by atoms with Crippen molar-refractivity contribution in [2.45, 2.75) is 19.4 Å². The summed E-state index contributed by atoms with van der Waals surface area (Å²) >= 11 is 0. The van der Waals surface area contributed by atoms with Crippen LogP contribution in [0.3, 0.4) is 0 Å². The predicted molar refractivity (Wildman–Crippen MR) is 73.0 cm³/mol. The number of methoxy groups -OCH3 is 1. The molecule has 94 valence electrons. The number of aryl methyl sites for hydroxylation is 1. The third-order valence-corrected chi connectivity index (χ3v) is 3.45. The molecule has 1 aliphatic heterocycles. The van der Waals surface area contributed by atoms with Crippen LogP contribution in [0.2, 0.25) is 0 Å². The second-order valence-corrected chi connectivity index (χ2v) is 4.59. The van der Waals surface area contributed by atoms with Crippen molar-refractivity contribution in [3.05, 3.63) is 29.5 Å². The number of benzene rings is 1. The first kappa shape index (κ1) is 11.3. The van der Waals surface area contributed by atoms with Gasteiger partial charge in [-0.05, 0) is 36.1 Å². The van der Waals surface area contributed by atoms with Crippen molar-refractivity contribution in [3.8, 4) is 5.75 Å². The van der Waals surface area contributed by atoms with Crippen LogP contribution in [-0.4, -0.2) is 18.6 Å². The summed E-state index contributed by atoms with van der Waals surface area (Å²) in [4.78, 5) is 4.54. The lowest BCUT2D eigenvalue weighted by Crippen LogP contribution is -2.13. The highest BCUT2D eigenvalue weighted by Gasteiger charge is 2.16. The zero-order valence-corrected chi connectivity index (χ0v) is 10.5. The van der Waals surface area contributed by atoms with Gasteiger partial charge >= 0.3 is 0 Å². The van der Waals surface area contributed by atoms with E-state index in [1.165, 1.54) is 11.3 Å². The molecule has 2 heterocycles. The molecule has 2 aromatic rings. The number of fused-ring (bicyclic) bond motifs is 3. The molecule has 1 aromatic carbocycles. The highest BCUT2D eigenvalue weighted by molar-refractivity contribution is 5.98. The van der Waals surface area contributed by atoms with Crippen molar-refractivity contribution in [2.75, 3.05) is 19.0 Å². The van der Waals surface area contributed by atoms with Gasteiger partial charge in [0.2, 0.25) is 0 Å². The Labute approximate surface area is 106 Å². The Hall–Kier alpha value is -1.81. The minimum Gasteiger partial charge on any atom is -0.496 e. The minimum absolute atomic E-state index is 0.499. The molecule has 0 bridgehead atoms. The Bertz CT molecular complexity index is 595. The van der Waals surface area contributed by atoms with Crippen LogP contribution in [0.4, 0.5) is 5.69 Å². The van der Waals surface area contributed by atoms with E-state index in [2.05, 4.69) is 10.3 Å². The number of nitrogens with one attached hydrogen (secondary N) is 1. The molecule has 0 atom stereocenters. The lowest BCUT2D eigenvalue weighted by molar-refractivity contribution is 0.419. The van der Waals surface area contributed by atoms with Gasteiger partial charge in [0, 0.05) is 19.3 Å². The average Bonchev–Trinajstić information content (AvgIpc) is 2.45. The zero-order chi connectivity index (χ0) is 12.5. The molecule has 0 spiro atoms. The van der Waals surface area contributed by atoms with Crippen LogP contribution < -0.4 is 15.8 Å². The molecule has 0 unspecified atom stereocenters. The van der Waals surface area contributed by atoms with E-state index in [9.17, 15) is 0 Å². The van der Waals surface area contributed by atoms with Crippen LogP contribution >= 0.6 is 0 Å². The van der Waals surface area contributed by atoms with Gasteiger partial charge in [0.05, 0.1) is 23.7 Å². The average molecular weight is 243 g/mol. The molecule has 0 fully saturated rings. The van der Waals surface area contributed by atoms with Crippen LogP contribution in [0.1, 0.15) is 17.5 Å². The standard InChI is InChI=1S/C14H17N3O/c1-18-12-6-9(7-15)5-11-13(12)14-10(8-17-11)3-2-4-16-14/h5-6,8,16H,2-4,7,15H2,1H3. The van der Waals surface area contributed by atoms with E-state index in [0.717, 1.165) is 41.6 Å². The fourth-order valence-corrected chi connectivity index (χ4v) is 2.54. The van der Waals surface area contributed by atoms with Crippen molar-refractivity contribution in [1.29, 1.82) is 0 Å². The van der Waals surface area contributed by atoms with Crippen LogP contribution in [0.15, 0.2) is 18.3 Å². The number of ether oxygens (including phenoxy) is 1. The Kier molecular flexibility index (Phi) is 2.80. The van der Waals surface area contributed by atoms with E-state index < -0.39 is 0 Å². The summed E-state index contributed by atoms with van der Waals surface area (Å²) in [6.45, 7) is 1.51. The molecule has 18 heavy (non-hydrogen) atoms. The maximum Gasteiger partial charge on any atom is 0.130 e. The molecular formula is C14H17N3O. The minimum atomic E-state index is 0.499. The highest BCUT2D eigenvalue weighted by atomic mass is 16.5. The van der Waals surface area contributed by atoms with Crippen LogP contribution in [-0.2, 0) is 13.0 Å². The normalized spacial score (nSPS) is 14.1. The second-order valence-electron chi connectivity index (χ2n) is 4.59. The van der Waals surface area contributed by atoms with Crippen LogP contribution in [0.5, 0.6) is 5.75 Å². The molecule has 0 saturated heterocycles. The van der Waals surface area contributed by atoms with Crippen molar-refractivity contribution >= 4 is 16.6 Å². The SMILES string of the molecule is COc1cc(CN)cc2ncc3c(c12)NCCC3.